The summed E-state index contributed by atoms with van der Waals surface area (Å²) in [6, 6.07) is 59.6. The third-order valence-electron chi connectivity index (χ3n) is 10.6. The van der Waals surface area contributed by atoms with Gasteiger partial charge in [0.2, 0.25) is 0 Å². The lowest BCUT2D eigenvalue weighted by molar-refractivity contribution is 0.660. The Bertz CT molecular complexity index is 2760. The van der Waals surface area contributed by atoms with Crippen LogP contribution in [-0.4, -0.2) is 0 Å². The fourth-order valence-electron chi connectivity index (χ4n) is 8.23. The highest BCUT2D eigenvalue weighted by atomic mass is 16.3. The fourth-order valence-corrected chi connectivity index (χ4v) is 8.23. The molecule has 9 aromatic rings. The Kier molecular flexibility index (Phi) is 5.95. The second kappa shape index (κ2) is 10.4. The SMILES string of the molecule is CC1(C)c2ccccc2-c2cc(N(c3ccc4cc5c(cc4c3)oc3ccccc35)c3ccccc3-c3cccc4ccccc34)ccc21. The number of para-hydroxylation sites is 2. The molecular weight excluding hydrogens is 595 g/mol. The first-order valence-electron chi connectivity index (χ1n) is 17.0. The molecule has 1 aromatic heterocycles. The van der Waals surface area contributed by atoms with Crippen LogP contribution in [0.2, 0.25) is 0 Å². The lowest BCUT2D eigenvalue weighted by Crippen LogP contribution is -2.15. The van der Waals surface area contributed by atoms with Gasteiger partial charge in [0, 0.05) is 33.1 Å². The summed E-state index contributed by atoms with van der Waals surface area (Å²) in [5.41, 5.74) is 12.9. The molecular formula is C47H33NO. The molecule has 1 aliphatic carbocycles. The average Bonchev–Trinajstić information content (AvgIpc) is 3.61. The van der Waals surface area contributed by atoms with E-state index >= 15 is 0 Å². The van der Waals surface area contributed by atoms with E-state index in [1.165, 1.54) is 49.5 Å². The summed E-state index contributed by atoms with van der Waals surface area (Å²) in [5.74, 6) is 0. The topological polar surface area (TPSA) is 16.4 Å². The van der Waals surface area contributed by atoms with Crippen LogP contribution in [0.1, 0.15) is 25.0 Å². The highest BCUT2D eigenvalue weighted by molar-refractivity contribution is 6.11. The molecule has 0 aliphatic heterocycles. The summed E-state index contributed by atoms with van der Waals surface area (Å²) >= 11 is 0. The van der Waals surface area contributed by atoms with E-state index in [9.17, 15) is 0 Å². The minimum atomic E-state index is -0.0585. The number of anilines is 3. The third-order valence-corrected chi connectivity index (χ3v) is 10.6. The molecule has 10 rings (SSSR count). The highest BCUT2D eigenvalue weighted by Gasteiger charge is 2.35. The molecule has 0 bridgehead atoms. The Balaban J connectivity index is 1.23. The van der Waals surface area contributed by atoms with Gasteiger partial charge in [-0.15, -0.1) is 0 Å². The zero-order valence-corrected chi connectivity index (χ0v) is 27.4. The van der Waals surface area contributed by atoms with Crippen molar-refractivity contribution in [1.82, 2.24) is 0 Å². The van der Waals surface area contributed by atoms with E-state index in [4.69, 9.17) is 4.42 Å². The van der Waals surface area contributed by atoms with Gasteiger partial charge in [-0.2, -0.15) is 0 Å². The molecule has 0 amide bonds. The van der Waals surface area contributed by atoms with Gasteiger partial charge in [0.1, 0.15) is 11.2 Å². The van der Waals surface area contributed by atoms with Gasteiger partial charge in [-0.05, 0) is 97.9 Å². The van der Waals surface area contributed by atoms with E-state index in [1.807, 2.05) is 12.1 Å². The van der Waals surface area contributed by atoms with Gasteiger partial charge in [0.15, 0.2) is 0 Å². The van der Waals surface area contributed by atoms with Crippen LogP contribution in [0.4, 0.5) is 17.1 Å². The van der Waals surface area contributed by atoms with E-state index in [2.05, 4.69) is 170 Å². The zero-order valence-electron chi connectivity index (χ0n) is 27.4. The van der Waals surface area contributed by atoms with Crippen LogP contribution in [-0.2, 0) is 5.41 Å². The largest absolute Gasteiger partial charge is 0.456 e. The van der Waals surface area contributed by atoms with Crippen LogP contribution in [0, 0.1) is 0 Å². The Morgan fingerprint density at radius 1 is 0.408 bits per heavy atom. The second-order valence-electron chi connectivity index (χ2n) is 13.8. The molecule has 2 heteroatoms. The van der Waals surface area contributed by atoms with E-state index < -0.39 is 0 Å². The Hall–Kier alpha value is -6.12. The molecule has 8 aromatic carbocycles. The Morgan fingerprint density at radius 3 is 2.00 bits per heavy atom. The Labute approximate surface area is 285 Å². The number of nitrogens with zero attached hydrogens (tertiary/aromatic N) is 1. The first-order valence-corrected chi connectivity index (χ1v) is 17.0. The quantitative estimate of drug-likeness (QED) is 0.193. The summed E-state index contributed by atoms with van der Waals surface area (Å²) in [7, 11) is 0. The van der Waals surface area contributed by atoms with Crippen molar-refractivity contribution in [3.63, 3.8) is 0 Å². The molecule has 49 heavy (non-hydrogen) atoms. The minimum absolute atomic E-state index is 0.0585. The molecule has 1 aliphatic rings. The highest BCUT2D eigenvalue weighted by Crippen LogP contribution is 2.51. The molecule has 232 valence electrons. The molecule has 0 radical (unpaired) electrons. The smallest absolute Gasteiger partial charge is 0.136 e. The number of fused-ring (bicyclic) bond motifs is 8. The van der Waals surface area contributed by atoms with Crippen LogP contribution >= 0.6 is 0 Å². The van der Waals surface area contributed by atoms with Gasteiger partial charge in [-0.25, -0.2) is 0 Å². The number of hydrogen-bond donors (Lipinski definition) is 0. The number of hydrogen-bond acceptors (Lipinski definition) is 2. The lowest BCUT2D eigenvalue weighted by atomic mass is 9.82. The summed E-state index contributed by atoms with van der Waals surface area (Å²) in [6.45, 7) is 4.68. The van der Waals surface area contributed by atoms with E-state index in [1.54, 1.807) is 0 Å². The van der Waals surface area contributed by atoms with Crippen molar-refractivity contribution in [2.75, 3.05) is 4.90 Å². The minimum Gasteiger partial charge on any atom is -0.456 e. The predicted molar refractivity (Wildman–Crippen MR) is 206 cm³/mol. The van der Waals surface area contributed by atoms with Crippen LogP contribution < -0.4 is 4.90 Å². The maximum Gasteiger partial charge on any atom is 0.136 e. The van der Waals surface area contributed by atoms with Gasteiger partial charge in [0.05, 0.1) is 5.69 Å². The van der Waals surface area contributed by atoms with E-state index in [0.717, 1.165) is 44.4 Å². The number of benzene rings is 8. The summed E-state index contributed by atoms with van der Waals surface area (Å²) in [6.07, 6.45) is 0. The van der Waals surface area contributed by atoms with Gasteiger partial charge in [-0.3, -0.25) is 0 Å². The maximum absolute atomic E-state index is 6.34. The van der Waals surface area contributed by atoms with Gasteiger partial charge in [0.25, 0.3) is 0 Å². The van der Waals surface area contributed by atoms with Crippen molar-refractivity contribution in [2.45, 2.75) is 19.3 Å². The molecule has 0 saturated carbocycles. The molecule has 1 heterocycles. The zero-order chi connectivity index (χ0) is 32.7. The molecule has 0 atom stereocenters. The molecule has 0 unspecified atom stereocenters. The van der Waals surface area contributed by atoms with Crippen molar-refractivity contribution < 1.29 is 4.42 Å². The van der Waals surface area contributed by atoms with E-state index in [0.29, 0.717) is 0 Å². The first kappa shape index (κ1) is 27.9. The van der Waals surface area contributed by atoms with Crippen molar-refractivity contribution >= 4 is 60.5 Å². The van der Waals surface area contributed by atoms with Crippen molar-refractivity contribution in [3.8, 4) is 22.3 Å². The normalized spacial score (nSPS) is 13.3. The summed E-state index contributed by atoms with van der Waals surface area (Å²) in [4.78, 5) is 2.44. The first-order chi connectivity index (χ1) is 24.0. The molecule has 2 nitrogen and oxygen atoms in total. The molecule has 0 saturated heterocycles. The van der Waals surface area contributed by atoms with Crippen molar-refractivity contribution in [3.05, 3.63) is 175 Å². The van der Waals surface area contributed by atoms with Gasteiger partial charge >= 0.3 is 0 Å². The second-order valence-corrected chi connectivity index (χ2v) is 13.8. The third kappa shape index (κ3) is 4.20. The Morgan fingerprint density at radius 2 is 1.08 bits per heavy atom. The number of rotatable bonds is 4. The molecule has 0 N–H and O–H groups in total. The van der Waals surface area contributed by atoms with Crippen molar-refractivity contribution in [2.24, 2.45) is 0 Å². The standard InChI is InChI=1S/C47H33NO/c1-47(2)42-19-8-5-15-37(42)40-29-34(24-25-43(40)47)48(44-20-9-6-16-38(44)36-18-11-13-30-12-3-4-14-35(30)36)33-23-22-31-27-41-39-17-7-10-21-45(39)49-46(41)28-32(31)26-33/h3-29H,1-2H3. The van der Waals surface area contributed by atoms with Crippen molar-refractivity contribution in [1.29, 1.82) is 0 Å². The van der Waals surface area contributed by atoms with Gasteiger partial charge < -0.3 is 9.32 Å². The monoisotopic (exact) mass is 627 g/mol. The molecule has 0 spiro atoms. The van der Waals surface area contributed by atoms with Crippen LogP contribution in [0.15, 0.2) is 168 Å². The fraction of sp³-hybridized carbons (Fsp3) is 0.0638. The van der Waals surface area contributed by atoms with Crippen LogP contribution in [0.5, 0.6) is 0 Å². The van der Waals surface area contributed by atoms with Crippen LogP contribution in [0.3, 0.4) is 0 Å². The lowest BCUT2D eigenvalue weighted by Gasteiger charge is -2.29. The van der Waals surface area contributed by atoms with Crippen LogP contribution in [0.25, 0.3) is 65.7 Å². The number of furan rings is 1. The maximum atomic E-state index is 6.34. The summed E-state index contributed by atoms with van der Waals surface area (Å²) < 4.78 is 6.34. The van der Waals surface area contributed by atoms with Gasteiger partial charge in [-0.1, -0.05) is 129 Å². The average molecular weight is 628 g/mol. The predicted octanol–water partition coefficient (Wildman–Crippen LogP) is 13.3. The molecule has 0 fully saturated rings. The van der Waals surface area contributed by atoms with E-state index in [-0.39, 0.29) is 5.41 Å². The summed E-state index contributed by atoms with van der Waals surface area (Å²) in [5, 5.41) is 7.11.